The summed E-state index contributed by atoms with van der Waals surface area (Å²) in [5, 5.41) is 0.871. The van der Waals surface area contributed by atoms with E-state index >= 15 is 0 Å². The van der Waals surface area contributed by atoms with Crippen LogP contribution in [0, 0.1) is 5.92 Å². The molecule has 0 spiro atoms. The molecule has 1 aliphatic heterocycles. The van der Waals surface area contributed by atoms with Gasteiger partial charge in [0, 0.05) is 9.86 Å². The van der Waals surface area contributed by atoms with Crippen molar-refractivity contribution < 1.29 is 4.42 Å². The van der Waals surface area contributed by atoms with Crippen molar-refractivity contribution in [3.63, 3.8) is 0 Å². The van der Waals surface area contributed by atoms with Gasteiger partial charge in [-0.2, -0.15) is 0 Å². The number of hydrogen-bond donors (Lipinski definition) is 1. The van der Waals surface area contributed by atoms with Gasteiger partial charge in [-0.25, -0.2) is 4.98 Å². The highest BCUT2D eigenvalue weighted by Gasteiger charge is 2.29. The maximum absolute atomic E-state index is 12.6. The van der Waals surface area contributed by atoms with Crippen molar-refractivity contribution in [2.24, 2.45) is 5.92 Å². The van der Waals surface area contributed by atoms with Crippen LogP contribution < -0.4 is 5.56 Å². The minimum absolute atomic E-state index is 0.127. The Labute approximate surface area is 148 Å². The number of rotatable bonds is 3. The zero-order chi connectivity index (χ0) is 16.8. The molecular formula is C18H20BrN3O2. The number of fused-ring (bicyclic) bond motifs is 3. The van der Waals surface area contributed by atoms with Crippen LogP contribution in [0.2, 0.25) is 0 Å². The first kappa shape index (κ1) is 15.8. The van der Waals surface area contributed by atoms with Crippen LogP contribution in [0.4, 0.5) is 0 Å². The van der Waals surface area contributed by atoms with E-state index < -0.39 is 0 Å². The third kappa shape index (κ3) is 2.58. The van der Waals surface area contributed by atoms with E-state index in [2.05, 4.69) is 39.7 Å². The van der Waals surface area contributed by atoms with Crippen LogP contribution in [0.3, 0.4) is 0 Å². The molecule has 1 fully saturated rings. The average Bonchev–Trinajstić information content (AvgIpc) is 3.16. The Hall–Kier alpha value is -1.66. The molecule has 0 bridgehead atoms. The van der Waals surface area contributed by atoms with Crippen molar-refractivity contribution in [3.05, 3.63) is 38.9 Å². The predicted octanol–water partition coefficient (Wildman–Crippen LogP) is 4.22. The normalized spacial score (nSPS) is 17.3. The summed E-state index contributed by atoms with van der Waals surface area (Å²) in [6, 6.07) is 5.85. The van der Waals surface area contributed by atoms with Crippen molar-refractivity contribution in [1.82, 2.24) is 14.9 Å². The van der Waals surface area contributed by atoms with Gasteiger partial charge in [0.15, 0.2) is 0 Å². The quantitative estimate of drug-likeness (QED) is 0.727. The van der Waals surface area contributed by atoms with E-state index in [1.165, 1.54) is 12.8 Å². The summed E-state index contributed by atoms with van der Waals surface area (Å²) in [5.74, 6) is 1.11. The molecule has 1 unspecified atom stereocenters. The molecular weight excluding hydrogens is 370 g/mol. The Morgan fingerprint density at radius 3 is 2.75 bits per heavy atom. The smallest absolute Gasteiger partial charge is 0.294 e. The molecule has 1 N–H and O–H groups in total. The summed E-state index contributed by atoms with van der Waals surface area (Å²) in [5.41, 5.74) is 1.43. The molecule has 0 saturated carbocycles. The van der Waals surface area contributed by atoms with E-state index in [1.807, 2.05) is 18.2 Å². The standard InChI is InChI=1S/C18H20BrN3O2/c1-10(2)15(22-7-3-4-8-22)17-20-14-12-9-11(19)5-6-13(12)24-16(14)18(23)21-17/h5-6,9-10,15H,3-4,7-8H2,1-2H3,(H,20,21,23). The average molecular weight is 390 g/mol. The number of H-pyrrole nitrogens is 1. The second-order valence-electron chi connectivity index (χ2n) is 6.80. The number of nitrogens with zero attached hydrogens (tertiary/aromatic N) is 2. The van der Waals surface area contributed by atoms with Crippen LogP contribution >= 0.6 is 15.9 Å². The highest BCUT2D eigenvalue weighted by Crippen LogP contribution is 2.32. The number of hydrogen-bond acceptors (Lipinski definition) is 4. The van der Waals surface area contributed by atoms with E-state index in [-0.39, 0.29) is 11.6 Å². The van der Waals surface area contributed by atoms with Gasteiger partial charge < -0.3 is 9.40 Å². The topological polar surface area (TPSA) is 62.1 Å². The number of benzene rings is 1. The molecule has 1 atom stereocenters. The fourth-order valence-electron chi connectivity index (χ4n) is 3.71. The lowest BCUT2D eigenvalue weighted by Gasteiger charge is -2.29. The number of halogens is 1. The molecule has 0 radical (unpaired) electrons. The summed E-state index contributed by atoms with van der Waals surface area (Å²) in [7, 11) is 0. The first-order valence-corrected chi connectivity index (χ1v) is 9.20. The van der Waals surface area contributed by atoms with E-state index in [1.54, 1.807) is 0 Å². The summed E-state index contributed by atoms with van der Waals surface area (Å²) < 4.78 is 6.66. The van der Waals surface area contributed by atoms with Crippen molar-refractivity contribution in [2.45, 2.75) is 32.7 Å². The second kappa shape index (κ2) is 6.01. The lowest BCUT2D eigenvalue weighted by Crippen LogP contribution is -2.32. The van der Waals surface area contributed by atoms with Crippen LogP contribution in [-0.4, -0.2) is 28.0 Å². The molecule has 6 heteroatoms. The molecule has 2 aromatic heterocycles. The van der Waals surface area contributed by atoms with Crippen LogP contribution in [0.15, 0.2) is 31.9 Å². The zero-order valence-electron chi connectivity index (χ0n) is 13.8. The number of nitrogens with one attached hydrogen (secondary N) is 1. The van der Waals surface area contributed by atoms with Gasteiger partial charge in [-0.05, 0) is 50.0 Å². The number of likely N-dealkylation sites (tertiary alicyclic amines) is 1. The molecule has 3 aromatic rings. The molecule has 0 aliphatic carbocycles. The number of aromatic amines is 1. The molecule has 1 aliphatic rings. The van der Waals surface area contributed by atoms with Gasteiger partial charge in [-0.1, -0.05) is 29.8 Å². The fourth-order valence-corrected chi connectivity index (χ4v) is 4.07. The van der Waals surface area contributed by atoms with Gasteiger partial charge in [0.05, 0.1) is 6.04 Å². The van der Waals surface area contributed by atoms with Crippen molar-refractivity contribution in [2.75, 3.05) is 13.1 Å². The summed E-state index contributed by atoms with van der Waals surface area (Å²) in [6.45, 7) is 6.47. The summed E-state index contributed by atoms with van der Waals surface area (Å²) in [6.07, 6.45) is 2.41. The van der Waals surface area contributed by atoms with Crippen LogP contribution in [0.5, 0.6) is 0 Å². The summed E-state index contributed by atoms with van der Waals surface area (Å²) >= 11 is 3.48. The van der Waals surface area contributed by atoms with Gasteiger partial charge >= 0.3 is 0 Å². The molecule has 5 nitrogen and oxygen atoms in total. The Kier molecular flexibility index (Phi) is 3.96. The lowest BCUT2D eigenvalue weighted by molar-refractivity contribution is 0.184. The lowest BCUT2D eigenvalue weighted by atomic mass is 10.0. The van der Waals surface area contributed by atoms with Gasteiger partial charge in [0.2, 0.25) is 5.58 Å². The minimum atomic E-state index is -0.202. The predicted molar refractivity (Wildman–Crippen MR) is 98.2 cm³/mol. The number of aromatic nitrogens is 2. The van der Waals surface area contributed by atoms with Gasteiger partial charge in [-0.15, -0.1) is 0 Å². The second-order valence-corrected chi connectivity index (χ2v) is 7.72. The first-order valence-electron chi connectivity index (χ1n) is 8.40. The van der Waals surface area contributed by atoms with Gasteiger partial charge in [0.25, 0.3) is 5.56 Å². The summed E-state index contributed by atoms with van der Waals surface area (Å²) in [4.78, 5) is 22.8. The molecule has 4 rings (SSSR count). The van der Waals surface area contributed by atoms with E-state index in [4.69, 9.17) is 9.40 Å². The van der Waals surface area contributed by atoms with Crippen LogP contribution in [-0.2, 0) is 0 Å². The largest absolute Gasteiger partial charge is 0.449 e. The SMILES string of the molecule is CC(C)C(c1nc2c(oc3ccc(Br)cc32)c(=O)[nH]1)N1CCCC1. The van der Waals surface area contributed by atoms with Crippen molar-refractivity contribution in [1.29, 1.82) is 0 Å². The Morgan fingerprint density at radius 2 is 2.04 bits per heavy atom. The third-order valence-electron chi connectivity index (χ3n) is 4.75. The van der Waals surface area contributed by atoms with Gasteiger partial charge in [-0.3, -0.25) is 9.69 Å². The maximum Gasteiger partial charge on any atom is 0.294 e. The zero-order valence-corrected chi connectivity index (χ0v) is 15.4. The Balaban J connectivity index is 1.93. The molecule has 24 heavy (non-hydrogen) atoms. The van der Waals surface area contributed by atoms with Gasteiger partial charge in [0.1, 0.15) is 16.9 Å². The highest BCUT2D eigenvalue weighted by atomic mass is 79.9. The Bertz CT molecular complexity index is 954. The molecule has 1 aromatic carbocycles. The third-order valence-corrected chi connectivity index (χ3v) is 5.24. The van der Waals surface area contributed by atoms with Crippen molar-refractivity contribution >= 4 is 38.0 Å². The monoisotopic (exact) mass is 389 g/mol. The molecule has 0 amide bonds. The van der Waals surface area contributed by atoms with E-state index in [0.29, 0.717) is 22.6 Å². The molecule has 1 saturated heterocycles. The maximum atomic E-state index is 12.6. The fraction of sp³-hybridized carbons (Fsp3) is 0.444. The molecule has 3 heterocycles. The van der Waals surface area contributed by atoms with Crippen LogP contribution in [0.1, 0.15) is 38.6 Å². The number of furan rings is 1. The Morgan fingerprint density at radius 1 is 1.29 bits per heavy atom. The van der Waals surface area contributed by atoms with E-state index in [9.17, 15) is 4.79 Å². The molecule has 126 valence electrons. The highest BCUT2D eigenvalue weighted by molar-refractivity contribution is 9.10. The van der Waals surface area contributed by atoms with Crippen LogP contribution in [0.25, 0.3) is 22.1 Å². The minimum Gasteiger partial charge on any atom is -0.449 e. The first-order chi connectivity index (χ1) is 11.5. The van der Waals surface area contributed by atoms with Crippen molar-refractivity contribution in [3.8, 4) is 0 Å². The van der Waals surface area contributed by atoms with E-state index in [0.717, 1.165) is 28.8 Å².